The van der Waals surface area contributed by atoms with Crippen molar-refractivity contribution in [3.63, 3.8) is 0 Å². The van der Waals surface area contributed by atoms with Gasteiger partial charge in [0.05, 0.1) is 6.54 Å². The fourth-order valence-corrected chi connectivity index (χ4v) is 4.05. The second-order valence-electron chi connectivity index (χ2n) is 10.7. The third-order valence-corrected chi connectivity index (χ3v) is 6.73. The van der Waals surface area contributed by atoms with Gasteiger partial charge in [-0.3, -0.25) is 4.79 Å². The van der Waals surface area contributed by atoms with Gasteiger partial charge in [-0.2, -0.15) is 5.10 Å². The van der Waals surface area contributed by atoms with Crippen molar-refractivity contribution in [1.29, 1.82) is 0 Å². The standard InChI is InChI=1S/C24H36N2OSi/c1-23(2,3)19-15-20(24(4,5)6)22(27)21(16-19)25-26(28(7,8)9)17-18-13-11-10-12-14-18/h10-16H,17H2,1-9H3. The minimum atomic E-state index is -1.77. The van der Waals surface area contributed by atoms with Gasteiger partial charge in [-0.15, -0.1) is 0 Å². The number of benzene rings is 1. The van der Waals surface area contributed by atoms with Crippen LogP contribution in [0.15, 0.2) is 58.7 Å². The van der Waals surface area contributed by atoms with E-state index in [0.717, 1.165) is 17.7 Å². The van der Waals surface area contributed by atoms with Crippen LogP contribution in [0.2, 0.25) is 19.6 Å². The Bertz CT molecular complexity index is 813. The minimum Gasteiger partial charge on any atom is -0.320 e. The number of nitrogens with zero attached hydrogens (tertiary/aromatic N) is 2. The number of Topliss-reactive ketones (excluding diaryl/α,β-unsaturated/α-hetero) is 1. The molecular formula is C24H36N2OSi. The van der Waals surface area contributed by atoms with Gasteiger partial charge in [0.25, 0.3) is 0 Å². The third kappa shape index (κ3) is 5.54. The maximum atomic E-state index is 13.3. The van der Waals surface area contributed by atoms with Crippen LogP contribution < -0.4 is 0 Å². The van der Waals surface area contributed by atoms with Gasteiger partial charge in [-0.1, -0.05) is 97.6 Å². The van der Waals surface area contributed by atoms with Crippen LogP contribution in [0.1, 0.15) is 47.1 Å². The topological polar surface area (TPSA) is 32.7 Å². The molecule has 0 bridgehead atoms. The largest absolute Gasteiger partial charge is 0.320 e. The zero-order valence-corrected chi connectivity index (χ0v) is 20.1. The molecule has 1 aliphatic carbocycles. The summed E-state index contributed by atoms with van der Waals surface area (Å²) in [5.74, 6) is 0.0526. The zero-order valence-electron chi connectivity index (χ0n) is 19.1. The first-order valence-corrected chi connectivity index (χ1v) is 13.5. The number of carbonyl (C=O) groups excluding carboxylic acids is 1. The Hall–Kier alpha value is -1.94. The summed E-state index contributed by atoms with van der Waals surface area (Å²) in [7, 11) is -1.77. The lowest BCUT2D eigenvalue weighted by atomic mass is 9.74. The number of hydrogen-bond donors (Lipinski definition) is 0. The first kappa shape index (κ1) is 22.3. The second kappa shape index (κ2) is 7.82. The van der Waals surface area contributed by atoms with E-state index >= 15 is 0 Å². The maximum absolute atomic E-state index is 13.3. The molecule has 0 fully saturated rings. The van der Waals surface area contributed by atoms with E-state index in [1.54, 1.807) is 0 Å². The van der Waals surface area contributed by atoms with E-state index in [9.17, 15) is 4.79 Å². The molecule has 3 nitrogen and oxygen atoms in total. The van der Waals surface area contributed by atoms with E-state index in [1.807, 2.05) is 12.1 Å². The van der Waals surface area contributed by atoms with Gasteiger partial charge >= 0.3 is 0 Å². The number of hydrazone groups is 1. The summed E-state index contributed by atoms with van der Waals surface area (Å²) in [4.78, 5) is 13.3. The molecule has 4 heteroatoms. The molecule has 0 saturated heterocycles. The molecule has 0 aromatic heterocycles. The molecule has 0 amide bonds. The molecule has 28 heavy (non-hydrogen) atoms. The normalized spacial score (nSPS) is 17.5. The summed E-state index contributed by atoms with van der Waals surface area (Å²) in [5.41, 5.74) is 3.52. The van der Waals surface area contributed by atoms with Crippen molar-refractivity contribution < 1.29 is 4.79 Å². The zero-order chi connectivity index (χ0) is 21.3. The molecule has 1 aliphatic rings. The highest BCUT2D eigenvalue weighted by atomic mass is 28.3. The fourth-order valence-electron chi connectivity index (χ4n) is 2.99. The lowest BCUT2D eigenvalue weighted by molar-refractivity contribution is -0.110. The van der Waals surface area contributed by atoms with E-state index in [1.165, 1.54) is 5.56 Å². The van der Waals surface area contributed by atoms with Crippen molar-refractivity contribution in [2.75, 3.05) is 0 Å². The average Bonchev–Trinajstić information content (AvgIpc) is 2.53. The Kier molecular flexibility index (Phi) is 6.24. The molecule has 1 aromatic carbocycles. The monoisotopic (exact) mass is 396 g/mol. The molecule has 0 aliphatic heterocycles. The molecule has 0 radical (unpaired) electrons. The van der Waals surface area contributed by atoms with E-state index in [-0.39, 0.29) is 16.6 Å². The lowest BCUT2D eigenvalue weighted by Gasteiger charge is -2.34. The predicted molar refractivity (Wildman–Crippen MR) is 123 cm³/mol. The highest BCUT2D eigenvalue weighted by molar-refractivity contribution is 6.73. The molecule has 0 N–H and O–H groups in total. The van der Waals surface area contributed by atoms with E-state index in [4.69, 9.17) is 5.10 Å². The average molecular weight is 397 g/mol. The fraction of sp³-hybridized carbons (Fsp3) is 0.500. The molecule has 0 atom stereocenters. The summed E-state index contributed by atoms with van der Waals surface area (Å²) in [6.45, 7) is 20.4. The Morgan fingerprint density at radius 1 is 0.893 bits per heavy atom. The Balaban J connectivity index is 2.53. The SMILES string of the molecule is CC(C)(C)C1=CC(=NN(Cc2ccccc2)[Si](C)(C)C)C(=O)C(C(C)(C)C)=C1. The van der Waals surface area contributed by atoms with Crippen molar-refractivity contribution in [3.05, 3.63) is 59.2 Å². The molecule has 0 saturated carbocycles. The number of hydrogen-bond acceptors (Lipinski definition) is 3. The number of allylic oxidation sites excluding steroid dienone is 4. The van der Waals surface area contributed by atoms with E-state index in [2.05, 4.69) is 96.2 Å². The molecule has 152 valence electrons. The van der Waals surface area contributed by atoms with Gasteiger partial charge in [0.2, 0.25) is 5.78 Å². The first-order chi connectivity index (χ1) is 12.7. The van der Waals surface area contributed by atoms with E-state index < -0.39 is 8.24 Å². The molecule has 0 unspecified atom stereocenters. The van der Waals surface area contributed by atoms with Gasteiger partial charge < -0.3 is 4.67 Å². The van der Waals surface area contributed by atoms with Crippen molar-refractivity contribution in [2.24, 2.45) is 15.9 Å². The molecule has 2 rings (SSSR count). The Labute approximate surface area is 172 Å². The summed E-state index contributed by atoms with van der Waals surface area (Å²) >= 11 is 0. The summed E-state index contributed by atoms with van der Waals surface area (Å²) < 4.78 is 2.16. The van der Waals surface area contributed by atoms with Gasteiger partial charge in [-0.25, -0.2) is 0 Å². The maximum Gasteiger partial charge on any atom is 0.209 e. The van der Waals surface area contributed by atoms with Gasteiger partial charge in [0.15, 0.2) is 8.24 Å². The van der Waals surface area contributed by atoms with E-state index in [0.29, 0.717) is 5.71 Å². The molecule has 0 spiro atoms. The highest BCUT2D eigenvalue weighted by Gasteiger charge is 2.33. The minimum absolute atomic E-state index is 0.0403. The van der Waals surface area contributed by atoms with Crippen molar-refractivity contribution in [3.8, 4) is 0 Å². The first-order valence-electron chi connectivity index (χ1n) is 10.1. The number of ketones is 1. The summed E-state index contributed by atoms with van der Waals surface area (Å²) in [6.07, 6.45) is 4.08. The van der Waals surface area contributed by atoms with Gasteiger partial charge in [-0.05, 0) is 28.0 Å². The Morgan fingerprint density at radius 2 is 1.46 bits per heavy atom. The molecular weight excluding hydrogens is 360 g/mol. The van der Waals surface area contributed by atoms with Crippen LogP contribution in [0.5, 0.6) is 0 Å². The van der Waals surface area contributed by atoms with Crippen LogP contribution >= 0.6 is 0 Å². The molecule has 1 aromatic rings. The summed E-state index contributed by atoms with van der Waals surface area (Å²) in [6, 6.07) is 10.4. The van der Waals surface area contributed by atoms with Gasteiger partial charge in [0.1, 0.15) is 5.71 Å². The van der Waals surface area contributed by atoms with Gasteiger partial charge in [0, 0.05) is 5.57 Å². The summed E-state index contributed by atoms with van der Waals surface area (Å²) in [5, 5.41) is 4.96. The smallest absolute Gasteiger partial charge is 0.209 e. The van der Waals surface area contributed by atoms with Crippen LogP contribution in [0, 0.1) is 10.8 Å². The van der Waals surface area contributed by atoms with Crippen molar-refractivity contribution in [1.82, 2.24) is 4.67 Å². The predicted octanol–water partition coefficient (Wildman–Crippen LogP) is 6.21. The van der Waals surface area contributed by atoms with Crippen LogP contribution in [0.4, 0.5) is 0 Å². The second-order valence-corrected chi connectivity index (χ2v) is 15.5. The lowest BCUT2D eigenvalue weighted by Crippen LogP contribution is -2.43. The molecule has 0 heterocycles. The van der Waals surface area contributed by atoms with Crippen LogP contribution in [-0.2, 0) is 11.3 Å². The van der Waals surface area contributed by atoms with Crippen LogP contribution in [0.25, 0.3) is 0 Å². The van der Waals surface area contributed by atoms with Crippen LogP contribution in [0.3, 0.4) is 0 Å². The highest BCUT2D eigenvalue weighted by Crippen LogP contribution is 2.36. The Morgan fingerprint density at radius 3 is 1.93 bits per heavy atom. The number of carbonyl (C=O) groups is 1. The van der Waals surface area contributed by atoms with Crippen LogP contribution in [-0.4, -0.2) is 24.4 Å². The van der Waals surface area contributed by atoms with Crippen molar-refractivity contribution in [2.45, 2.75) is 67.7 Å². The number of rotatable bonds is 4. The third-order valence-electron chi connectivity index (χ3n) is 4.92. The quantitative estimate of drug-likeness (QED) is 0.344. The van der Waals surface area contributed by atoms with Crippen molar-refractivity contribution >= 4 is 19.7 Å².